The molecule has 2 N–H and O–H groups in total. The van der Waals surface area contributed by atoms with Crippen molar-refractivity contribution in [1.29, 1.82) is 0 Å². The zero-order chi connectivity index (χ0) is 14.6. The van der Waals surface area contributed by atoms with Gasteiger partial charge < -0.3 is 15.5 Å². The van der Waals surface area contributed by atoms with Gasteiger partial charge in [-0.2, -0.15) is 0 Å². The van der Waals surface area contributed by atoms with Crippen LogP contribution in [0.5, 0.6) is 0 Å². The fourth-order valence-corrected chi connectivity index (χ4v) is 2.85. The lowest BCUT2D eigenvalue weighted by molar-refractivity contribution is -0.122. The van der Waals surface area contributed by atoms with Crippen molar-refractivity contribution in [2.24, 2.45) is 0 Å². The Bertz CT molecular complexity index is 447. The van der Waals surface area contributed by atoms with Gasteiger partial charge in [0, 0.05) is 25.5 Å². The molecule has 0 saturated carbocycles. The number of anilines is 2. The van der Waals surface area contributed by atoms with E-state index in [4.69, 9.17) is 0 Å². The number of amides is 1. The molecule has 0 radical (unpaired) electrons. The summed E-state index contributed by atoms with van der Waals surface area (Å²) in [6, 6.07) is 7.96. The third-order valence-corrected chi connectivity index (χ3v) is 4.00. The summed E-state index contributed by atoms with van der Waals surface area (Å²) in [5.74, 6) is 0.106. The number of nitrogens with one attached hydrogen (secondary N) is 2. The third-order valence-electron chi connectivity index (χ3n) is 4.00. The molecule has 1 saturated heterocycles. The molecule has 0 spiro atoms. The minimum Gasteiger partial charge on any atom is -0.378 e. The highest BCUT2D eigenvalue weighted by Gasteiger charge is 2.39. The van der Waals surface area contributed by atoms with Crippen LogP contribution >= 0.6 is 0 Å². The van der Waals surface area contributed by atoms with Crippen LogP contribution < -0.4 is 15.5 Å². The number of carbonyl (C=O) groups is 1. The van der Waals surface area contributed by atoms with Crippen LogP contribution in [0, 0.1) is 0 Å². The van der Waals surface area contributed by atoms with Gasteiger partial charge in [0.15, 0.2) is 0 Å². The lowest BCUT2D eigenvalue weighted by atomic mass is 9.91. The highest BCUT2D eigenvalue weighted by atomic mass is 16.2. The lowest BCUT2D eigenvalue weighted by Crippen LogP contribution is -2.50. The SMILES string of the molecule is CCCC1(C(=O)Nc2ccc(N(C)C)cc2)CCCN1. The third kappa shape index (κ3) is 3.12. The predicted molar refractivity (Wildman–Crippen MR) is 84.3 cm³/mol. The minimum absolute atomic E-state index is 0.106. The molecule has 1 amide bonds. The second kappa shape index (κ2) is 6.27. The highest BCUT2D eigenvalue weighted by Crippen LogP contribution is 2.27. The monoisotopic (exact) mass is 275 g/mol. The second-order valence-electron chi connectivity index (χ2n) is 5.76. The van der Waals surface area contributed by atoms with E-state index in [0.717, 1.165) is 43.6 Å². The van der Waals surface area contributed by atoms with Crippen molar-refractivity contribution >= 4 is 17.3 Å². The number of hydrogen-bond acceptors (Lipinski definition) is 3. The first-order valence-electron chi connectivity index (χ1n) is 7.41. The van der Waals surface area contributed by atoms with Crippen molar-refractivity contribution < 1.29 is 4.79 Å². The molecule has 1 atom stereocenters. The van der Waals surface area contributed by atoms with Gasteiger partial charge in [-0.25, -0.2) is 0 Å². The number of hydrogen-bond donors (Lipinski definition) is 2. The van der Waals surface area contributed by atoms with Gasteiger partial charge in [-0.3, -0.25) is 4.79 Å². The summed E-state index contributed by atoms with van der Waals surface area (Å²) in [4.78, 5) is 14.6. The lowest BCUT2D eigenvalue weighted by Gasteiger charge is -2.28. The van der Waals surface area contributed by atoms with Gasteiger partial charge in [0.1, 0.15) is 0 Å². The van der Waals surface area contributed by atoms with Gasteiger partial charge in [0.2, 0.25) is 5.91 Å². The van der Waals surface area contributed by atoms with Gasteiger partial charge >= 0.3 is 0 Å². The van der Waals surface area contributed by atoms with Crippen LogP contribution in [0.3, 0.4) is 0 Å². The number of carbonyl (C=O) groups excluding carboxylic acids is 1. The summed E-state index contributed by atoms with van der Waals surface area (Å²) < 4.78 is 0. The van der Waals surface area contributed by atoms with E-state index in [1.54, 1.807) is 0 Å². The Hall–Kier alpha value is -1.55. The number of benzene rings is 1. The molecule has 4 nitrogen and oxygen atoms in total. The molecule has 2 rings (SSSR count). The molecule has 110 valence electrons. The first-order valence-corrected chi connectivity index (χ1v) is 7.41. The summed E-state index contributed by atoms with van der Waals surface area (Å²) in [6.07, 6.45) is 3.92. The molecular formula is C16H25N3O. The van der Waals surface area contributed by atoms with E-state index < -0.39 is 0 Å². The van der Waals surface area contributed by atoms with E-state index in [0.29, 0.717) is 0 Å². The van der Waals surface area contributed by atoms with Crippen LogP contribution in [0.25, 0.3) is 0 Å². The molecular weight excluding hydrogens is 250 g/mol. The van der Waals surface area contributed by atoms with Crippen LogP contribution in [-0.4, -0.2) is 32.1 Å². The van der Waals surface area contributed by atoms with Gasteiger partial charge in [0.05, 0.1) is 5.54 Å². The molecule has 1 heterocycles. The molecule has 0 aromatic heterocycles. The molecule has 4 heteroatoms. The van der Waals surface area contributed by atoms with Gasteiger partial charge in [-0.1, -0.05) is 13.3 Å². The number of rotatable bonds is 5. The molecule has 1 unspecified atom stereocenters. The topological polar surface area (TPSA) is 44.4 Å². The van der Waals surface area contributed by atoms with E-state index in [9.17, 15) is 4.79 Å². The fraction of sp³-hybridized carbons (Fsp3) is 0.562. The Morgan fingerprint density at radius 3 is 2.55 bits per heavy atom. The van der Waals surface area contributed by atoms with Crippen LogP contribution in [0.4, 0.5) is 11.4 Å². The normalized spacial score (nSPS) is 21.8. The second-order valence-corrected chi connectivity index (χ2v) is 5.76. The van der Waals surface area contributed by atoms with Crippen molar-refractivity contribution in [2.45, 2.75) is 38.1 Å². The van der Waals surface area contributed by atoms with E-state index in [-0.39, 0.29) is 11.4 Å². The highest BCUT2D eigenvalue weighted by molar-refractivity contribution is 5.98. The molecule has 1 aromatic carbocycles. The van der Waals surface area contributed by atoms with Crippen LogP contribution in [-0.2, 0) is 4.79 Å². The smallest absolute Gasteiger partial charge is 0.244 e. The van der Waals surface area contributed by atoms with Crippen molar-refractivity contribution in [3.63, 3.8) is 0 Å². The maximum atomic E-state index is 12.6. The molecule has 0 bridgehead atoms. The molecule has 1 fully saturated rings. The largest absolute Gasteiger partial charge is 0.378 e. The van der Waals surface area contributed by atoms with E-state index >= 15 is 0 Å². The van der Waals surface area contributed by atoms with Gasteiger partial charge in [-0.05, 0) is 50.1 Å². The maximum Gasteiger partial charge on any atom is 0.244 e. The van der Waals surface area contributed by atoms with Crippen molar-refractivity contribution in [3.05, 3.63) is 24.3 Å². The van der Waals surface area contributed by atoms with E-state index in [1.807, 2.05) is 43.3 Å². The van der Waals surface area contributed by atoms with Crippen LogP contribution in [0.15, 0.2) is 24.3 Å². The van der Waals surface area contributed by atoms with Crippen molar-refractivity contribution in [3.8, 4) is 0 Å². The Kier molecular flexibility index (Phi) is 4.65. The quantitative estimate of drug-likeness (QED) is 0.868. The minimum atomic E-state index is -0.366. The average molecular weight is 275 g/mol. The molecule has 20 heavy (non-hydrogen) atoms. The molecule has 1 aliphatic heterocycles. The Balaban J connectivity index is 2.06. The molecule has 1 aromatic rings. The predicted octanol–water partition coefficient (Wildman–Crippen LogP) is 2.61. The van der Waals surface area contributed by atoms with Crippen LogP contribution in [0.2, 0.25) is 0 Å². The fourth-order valence-electron chi connectivity index (χ4n) is 2.85. The summed E-state index contributed by atoms with van der Waals surface area (Å²) in [6.45, 7) is 3.06. The van der Waals surface area contributed by atoms with Gasteiger partial charge in [-0.15, -0.1) is 0 Å². The molecule has 0 aliphatic carbocycles. The van der Waals surface area contributed by atoms with E-state index in [2.05, 4.69) is 17.6 Å². The number of nitrogens with zero attached hydrogens (tertiary/aromatic N) is 1. The summed E-state index contributed by atoms with van der Waals surface area (Å²) in [7, 11) is 4.01. The average Bonchev–Trinajstić information content (AvgIpc) is 2.89. The Morgan fingerprint density at radius 2 is 2.05 bits per heavy atom. The summed E-state index contributed by atoms with van der Waals surface area (Å²) in [5.41, 5.74) is 1.63. The van der Waals surface area contributed by atoms with Crippen molar-refractivity contribution in [2.75, 3.05) is 30.9 Å². The van der Waals surface area contributed by atoms with Crippen molar-refractivity contribution in [1.82, 2.24) is 5.32 Å². The Morgan fingerprint density at radius 1 is 1.35 bits per heavy atom. The maximum absolute atomic E-state index is 12.6. The molecule has 1 aliphatic rings. The first kappa shape index (κ1) is 14.9. The summed E-state index contributed by atoms with van der Waals surface area (Å²) in [5, 5.41) is 6.46. The standard InChI is InChI=1S/C16H25N3O/c1-4-10-16(11-5-12-17-16)15(20)18-13-6-8-14(9-7-13)19(2)3/h6-9,17H,4-5,10-12H2,1-3H3,(H,18,20). The summed E-state index contributed by atoms with van der Waals surface area (Å²) >= 11 is 0. The van der Waals surface area contributed by atoms with Crippen LogP contribution in [0.1, 0.15) is 32.6 Å². The zero-order valence-electron chi connectivity index (χ0n) is 12.7. The van der Waals surface area contributed by atoms with E-state index in [1.165, 1.54) is 0 Å². The Labute approximate surface area is 121 Å². The first-order chi connectivity index (χ1) is 9.57. The van der Waals surface area contributed by atoms with Gasteiger partial charge in [0.25, 0.3) is 0 Å². The zero-order valence-corrected chi connectivity index (χ0v) is 12.7.